The van der Waals surface area contributed by atoms with Crippen LogP contribution in [0.5, 0.6) is 0 Å². The first-order valence-corrected chi connectivity index (χ1v) is 7.11. The van der Waals surface area contributed by atoms with E-state index in [0.29, 0.717) is 0 Å². The topological polar surface area (TPSA) is 104 Å². The first kappa shape index (κ1) is 20.6. The van der Waals surface area contributed by atoms with E-state index in [2.05, 4.69) is 8.37 Å². The van der Waals surface area contributed by atoms with Crippen molar-refractivity contribution in [2.75, 3.05) is 6.61 Å². The quantitative estimate of drug-likeness (QED) is 0.280. The van der Waals surface area contributed by atoms with E-state index in [4.69, 9.17) is 0 Å². The number of alkyl halides is 4. The predicted octanol–water partition coefficient (Wildman–Crippen LogP) is 1.10. The number of esters is 1. The summed E-state index contributed by atoms with van der Waals surface area (Å²) >= 11 is 0. The molecule has 0 saturated carbocycles. The van der Waals surface area contributed by atoms with Crippen LogP contribution < -0.4 is 0 Å². The fourth-order valence-electron chi connectivity index (χ4n) is 0.705. The minimum Gasteiger partial charge on any atom is -0.455 e. The molecule has 0 rings (SSSR count). The molecule has 0 amide bonds. The lowest BCUT2D eigenvalue weighted by atomic mass is 10.4. The van der Waals surface area contributed by atoms with Gasteiger partial charge in [-0.05, 0) is 0 Å². The molecule has 0 unspecified atom stereocenters. The summed E-state index contributed by atoms with van der Waals surface area (Å²) < 4.78 is 132. The molecule has 0 aromatic carbocycles. The molecule has 0 saturated heterocycles. The first-order chi connectivity index (χ1) is 9.60. The van der Waals surface area contributed by atoms with Gasteiger partial charge in [0.25, 0.3) is 6.08 Å². The second kappa shape index (κ2) is 6.78. The zero-order chi connectivity index (χ0) is 17.9. The van der Waals surface area contributed by atoms with Gasteiger partial charge in [-0.25, -0.2) is 13.6 Å². The average molecular weight is 384 g/mol. The van der Waals surface area contributed by atoms with Crippen LogP contribution in [-0.2, 0) is 33.8 Å². The Morgan fingerprint density at radius 2 is 1.55 bits per heavy atom. The van der Waals surface area contributed by atoms with Crippen molar-refractivity contribution in [3.8, 4) is 0 Å². The van der Waals surface area contributed by atoms with E-state index >= 15 is 0 Å². The summed E-state index contributed by atoms with van der Waals surface area (Å²) in [6.45, 7) is -2.52. The number of halogens is 7. The van der Waals surface area contributed by atoms with Crippen molar-refractivity contribution < 1.29 is 60.2 Å². The molecule has 0 N–H and O–H groups in total. The highest BCUT2D eigenvalue weighted by Crippen LogP contribution is 2.25. The summed E-state index contributed by atoms with van der Waals surface area (Å²) in [5, 5.41) is 0. The molecular formula is C6H3F7O7S2. The third-order valence-corrected chi connectivity index (χ3v) is 3.68. The second-order valence-electron chi connectivity index (χ2n) is 3.14. The summed E-state index contributed by atoms with van der Waals surface area (Å²) in [5.41, 5.74) is 0. The van der Waals surface area contributed by atoms with Crippen molar-refractivity contribution in [3.05, 3.63) is 11.0 Å². The minimum atomic E-state index is -6.38. The fraction of sp³-hybridized carbons (Fsp3) is 0.500. The van der Waals surface area contributed by atoms with E-state index in [1.54, 1.807) is 0 Å². The van der Waals surface area contributed by atoms with Crippen LogP contribution >= 0.6 is 0 Å². The lowest BCUT2D eigenvalue weighted by Gasteiger charge is -2.15. The molecule has 0 fully saturated rings. The number of carbonyl (C=O) groups is 1. The van der Waals surface area contributed by atoms with Crippen molar-refractivity contribution in [1.82, 2.24) is 0 Å². The highest BCUT2D eigenvalue weighted by atomic mass is 32.3. The number of hydrogen-bond donors (Lipinski definition) is 0. The monoisotopic (exact) mass is 384 g/mol. The Kier molecular flexibility index (Phi) is 6.34. The number of hydrogen-bond acceptors (Lipinski definition) is 7. The third-order valence-electron chi connectivity index (χ3n) is 1.49. The van der Waals surface area contributed by atoms with Gasteiger partial charge < -0.3 is 4.74 Å². The predicted molar refractivity (Wildman–Crippen MR) is 51.2 cm³/mol. The van der Waals surface area contributed by atoms with Crippen LogP contribution in [0.3, 0.4) is 0 Å². The van der Waals surface area contributed by atoms with Crippen LogP contribution in [-0.4, -0.2) is 41.8 Å². The highest BCUT2D eigenvalue weighted by molar-refractivity contribution is 8.00. The summed E-state index contributed by atoms with van der Waals surface area (Å²) in [5.74, 6) is -7.87. The normalized spacial score (nSPS) is 13.1. The molecule has 0 bridgehead atoms. The average Bonchev–Trinajstić information content (AvgIpc) is 2.21. The van der Waals surface area contributed by atoms with Crippen molar-refractivity contribution in [3.63, 3.8) is 0 Å². The summed E-state index contributed by atoms with van der Waals surface area (Å²) in [7, 11) is -12.7. The summed E-state index contributed by atoms with van der Waals surface area (Å²) in [4.78, 5) is 7.93. The Bertz CT molecular complexity index is 661. The van der Waals surface area contributed by atoms with Gasteiger partial charge in [0.05, 0.1) is 0 Å². The van der Waals surface area contributed by atoms with Gasteiger partial charge in [0.15, 0.2) is 6.61 Å². The molecule has 0 radical (unpaired) electrons. The zero-order valence-corrected chi connectivity index (χ0v) is 11.2. The lowest BCUT2D eigenvalue weighted by molar-refractivity contribution is -0.176. The maximum absolute atomic E-state index is 12.4. The van der Waals surface area contributed by atoms with Crippen molar-refractivity contribution >= 4 is 26.6 Å². The molecule has 16 heteroatoms. The Hall–Kier alpha value is -1.42. The van der Waals surface area contributed by atoms with E-state index in [1.165, 1.54) is 0 Å². The number of carbonyl (C=O) groups excluding carboxylic acids is 1. The summed E-state index contributed by atoms with van der Waals surface area (Å²) in [6.07, 6.45) is -7.91. The fourth-order valence-corrected chi connectivity index (χ4v) is 2.29. The largest absolute Gasteiger partial charge is 0.455 e. The van der Waals surface area contributed by atoms with Crippen molar-refractivity contribution in [2.24, 2.45) is 0 Å². The molecule has 0 aromatic rings. The molecule has 0 heterocycles. The van der Waals surface area contributed by atoms with Crippen LogP contribution in [0.4, 0.5) is 30.2 Å². The van der Waals surface area contributed by atoms with Gasteiger partial charge in [-0.2, -0.15) is 34.4 Å². The van der Waals surface area contributed by atoms with E-state index < -0.39 is 56.5 Å². The Labute approximate surface area is 117 Å². The Morgan fingerprint density at radius 3 is 1.86 bits per heavy atom. The second-order valence-corrected chi connectivity index (χ2v) is 5.79. The van der Waals surface area contributed by atoms with E-state index in [9.17, 15) is 51.9 Å². The van der Waals surface area contributed by atoms with Crippen molar-refractivity contribution in [2.45, 2.75) is 12.3 Å². The van der Waals surface area contributed by atoms with Gasteiger partial charge in [0.1, 0.15) is 0 Å². The molecule has 130 valence electrons. The van der Waals surface area contributed by atoms with Gasteiger partial charge >= 0.3 is 38.9 Å². The van der Waals surface area contributed by atoms with Crippen LogP contribution in [0.25, 0.3) is 0 Å². The third kappa shape index (κ3) is 6.14. The van der Waals surface area contributed by atoms with Gasteiger partial charge in [-0.3, -0.25) is 0 Å². The molecule has 0 aliphatic rings. The van der Waals surface area contributed by atoms with Crippen LogP contribution in [0.1, 0.15) is 0 Å². The van der Waals surface area contributed by atoms with Gasteiger partial charge in [0, 0.05) is 0 Å². The Morgan fingerprint density at radius 1 is 1.09 bits per heavy atom. The van der Waals surface area contributed by atoms with Crippen LogP contribution in [0.2, 0.25) is 0 Å². The van der Waals surface area contributed by atoms with Gasteiger partial charge in [-0.15, -0.1) is 3.63 Å². The Balaban J connectivity index is 5.41. The molecule has 0 atom stereocenters. The SMILES string of the molecule is O=C(OCC(F)(F)C(F)F)C(=C(F)F)S(=O)(=O)OS(=O)(=O)F. The van der Waals surface area contributed by atoms with E-state index in [-0.39, 0.29) is 0 Å². The maximum Gasteiger partial charge on any atom is 0.452 e. The molecule has 0 aliphatic carbocycles. The molecule has 7 nitrogen and oxygen atoms in total. The zero-order valence-electron chi connectivity index (χ0n) is 9.60. The number of ether oxygens (including phenoxy) is 1. The standard InChI is InChI=1S/C6H3F7O7S2/c7-3(8)2(21(15,16)20-22(13,17)18)4(14)19-1-6(11,12)5(9)10/h5H,1H2. The van der Waals surface area contributed by atoms with E-state index in [0.717, 1.165) is 0 Å². The molecule has 0 aliphatic heterocycles. The first-order valence-electron chi connectivity index (χ1n) is 4.39. The molecule has 0 aromatic heterocycles. The molecule has 22 heavy (non-hydrogen) atoms. The van der Waals surface area contributed by atoms with Gasteiger partial charge in [0.2, 0.25) is 4.91 Å². The van der Waals surface area contributed by atoms with Gasteiger partial charge in [-0.1, -0.05) is 3.89 Å². The highest BCUT2D eigenvalue weighted by Gasteiger charge is 2.44. The van der Waals surface area contributed by atoms with Crippen LogP contribution in [0.15, 0.2) is 11.0 Å². The van der Waals surface area contributed by atoms with E-state index in [1.807, 2.05) is 0 Å². The van der Waals surface area contributed by atoms with Crippen molar-refractivity contribution in [1.29, 1.82) is 0 Å². The number of rotatable bonds is 7. The molecular weight excluding hydrogens is 381 g/mol. The maximum atomic E-state index is 12.4. The lowest BCUT2D eigenvalue weighted by Crippen LogP contribution is -2.34. The summed E-state index contributed by atoms with van der Waals surface area (Å²) in [6, 6.07) is 0. The molecule has 0 spiro atoms. The van der Waals surface area contributed by atoms with Crippen LogP contribution in [0, 0.1) is 0 Å². The smallest absolute Gasteiger partial charge is 0.452 e. The minimum absolute atomic E-state index is 2.52.